The third kappa shape index (κ3) is 2.70. The standard InChI is InChI=1S/C17H18N4O/c1-12(2)16-6-5-15(9-18-16)21-11-13(4-7-17(21)22)14-8-19-20(3)10-14/h4-12H,1-3H3. The van der Waals surface area contributed by atoms with Crippen molar-refractivity contribution in [3.63, 3.8) is 0 Å². The fourth-order valence-electron chi connectivity index (χ4n) is 2.31. The third-order valence-electron chi connectivity index (χ3n) is 3.59. The number of hydrogen-bond donors (Lipinski definition) is 0. The number of aromatic nitrogens is 4. The van der Waals surface area contributed by atoms with Gasteiger partial charge in [-0.1, -0.05) is 13.8 Å². The minimum atomic E-state index is -0.0771. The minimum Gasteiger partial charge on any atom is -0.282 e. The normalized spacial score (nSPS) is 11.1. The van der Waals surface area contributed by atoms with Crippen LogP contribution in [0.1, 0.15) is 25.5 Å². The van der Waals surface area contributed by atoms with Gasteiger partial charge >= 0.3 is 0 Å². The molecule has 0 aliphatic carbocycles. The molecule has 0 radical (unpaired) electrons. The number of pyridine rings is 2. The van der Waals surface area contributed by atoms with Crippen LogP contribution in [0.3, 0.4) is 0 Å². The van der Waals surface area contributed by atoms with Crippen molar-refractivity contribution in [2.45, 2.75) is 19.8 Å². The molecule has 0 unspecified atom stereocenters. The molecule has 5 heteroatoms. The highest BCUT2D eigenvalue weighted by molar-refractivity contribution is 5.61. The topological polar surface area (TPSA) is 52.7 Å². The van der Waals surface area contributed by atoms with Gasteiger partial charge in [-0.3, -0.25) is 19.0 Å². The molecule has 3 rings (SSSR count). The molecule has 5 nitrogen and oxygen atoms in total. The van der Waals surface area contributed by atoms with Crippen LogP contribution in [0.5, 0.6) is 0 Å². The van der Waals surface area contributed by atoms with E-state index in [2.05, 4.69) is 23.9 Å². The Balaban J connectivity index is 2.04. The Hall–Kier alpha value is -2.69. The Bertz CT molecular complexity index is 844. The molecule has 0 aliphatic heterocycles. The van der Waals surface area contributed by atoms with Crippen molar-refractivity contribution >= 4 is 0 Å². The third-order valence-corrected chi connectivity index (χ3v) is 3.59. The summed E-state index contributed by atoms with van der Waals surface area (Å²) < 4.78 is 3.35. The second-order valence-corrected chi connectivity index (χ2v) is 5.62. The molecule has 0 atom stereocenters. The summed E-state index contributed by atoms with van der Waals surface area (Å²) in [5.41, 5.74) is 3.62. The number of rotatable bonds is 3. The van der Waals surface area contributed by atoms with Gasteiger partial charge < -0.3 is 0 Å². The molecule has 0 saturated carbocycles. The number of aryl methyl sites for hydroxylation is 1. The van der Waals surface area contributed by atoms with Crippen LogP contribution >= 0.6 is 0 Å². The Morgan fingerprint density at radius 1 is 1.00 bits per heavy atom. The summed E-state index contributed by atoms with van der Waals surface area (Å²) >= 11 is 0. The molecule has 0 bridgehead atoms. The quantitative estimate of drug-likeness (QED) is 0.746. The molecule has 0 fully saturated rings. The Labute approximate surface area is 128 Å². The van der Waals surface area contributed by atoms with Gasteiger partial charge in [0.05, 0.1) is 18.1 Å². The molecule has 3 aromatic heterocycles. The summed E-state index contributed by atoms with van der Waals surface area (Å²) in [5.74, 6) is 0.368. The van der Waals surface area contributed by atoms with Crippen LogP contribution < -0.4 is 5.56 Å². The van der Waals surface area contributed by atoms with Gasteiger partial charge in [0.15, 0.2) is 0 Å². The average molecular weight is 294 g/mol. The Kier molecular flexibility index (Phi) is 3.63. The molecule has 0 amide bonds. The Morgan fingerprint density at radius 3 is 2.41 bits per heavy atom. The first-order chi connectivity index (χ1) is 10.5. The van der Waals surface area contributed by atoms with Crippen LogP contribution in [0.4, 0.5) is 0 Å². The molecule has 0 aromatic carbocycles. The highest BCUT2D eigenvalue weighted by Crippen LogP contribution is 2.18. The second-order valence-electron chi connectivity index (χ2n) is 5.62. The van der Waals surface area contributed by atoms with Gasteiger partial charge in [0.25, 0.3) is 5.56 Å². The van der Waals surface area contributed by atoms with Crippen LogP contribution in [0.15, 0.2) is 53.8 Å². The van der Waals surface area contributed by atoms with Gasteiger partial charge in [-0.2, -0.15) is 5.10 Å². The summed E-state index contributed by atoms with van der Waals surface area (Å²) in [7, 11) is 1.87. The lowest BCUT2D eigenvalue weighted by molar-refractivity contribution is 0.768. The van der Waals surface area contributed by atoms with E-state index < -0.39 is 0 Å². The molecule has 0 N–H and O–H groups in total. The van der Waals surface area contributed by atoms with E-state index in [1.165, 1.54) is 0 Å². The van der Waals surface area contributed by atoms with Gasteiger partial charge in [-0.25, -0.2) is 0 Å². The zero-order valence-corrected chi connectivity index (χ0v) is 12.9. The first-order valence-corrected chi connectivity index (χ1v) is 7.22. The summed E-state index contributed by atoms with van der Waals surface area (Å²) in [5, 5.41) is 4.17. The van der Waals surface area contributed by atoms with Crippen molar-refractivity contribution < 1.29 is 0 Å². The van der Waals surface area contributed by atoms with E-state index in [0.29, 0.717) is 5.92 Å². The fourth-order valence-corrected chi connectivity index (χ4v) is 2.31. The van der Waals surface area contributed by atoms with E-state index in [-0.39, 0.29) is 5.56 Å². The maximum Gasteiger partial charge on any atom is 0.255 e. The smallest absolute Gasteiger partial charge is 0.255 e. The maximum atomic E-state index is 12.1. The van der Waals surface area contributed by atoms with E-state index in [9.17, 15) is 4.79 Å². The lowest BCUT2D eigenvalue weighted by Crippen LogP contribution is -2.16. The van der Waals surface area contributed by atoms with Crippen molar-refractivity contribution in [1.29, 1.82) is 0 Å². The van der Waals surface area contributed by atoms with Crippen LogP contribution in [0, 0.1) is 0 Å². The summed E-state index contributed by atoms with van der Waals surface area (Å²) in [6.45, 7) is 4.19. The molecular weight excluding hydrogens is 276 g/mol. The highest BCUT2D eigenvalue weighted by atomic mass is 16.1. The van der Waals surface area contributed by atoms with Gasteiger partial charge in [0, 0.05) is 42.3 Å². The van der Waals surface area contributed by atoms with Crippen molar-refractivity contribution in [1.82, 2.24) is 19.3 Å². The number of hydrogen-bond acceptors (Lipinski definition) is 3. The molecule has 3 aromatic rings. The average Bonchev–Trinajstić information content (AvgIpc) is 2.94. The van der Waals surface area contributed by atoms with Crippen molar-refractivity contribution in [3.05, 3.63) is 65.1 Å². The molecule has 22 heavy (non-hydrogen) atoms. The van der Waals surface area contributed by atoms with Gasteiger partial charge in [-0.15, -0.1) is 0 Å². The maximum absolute atomic E-state index is 12.1. The first-order valence-electron chi connectivity index (χ1n) is 7.22. The SMILES string of the molecule is CC(C)c1ccc(-n2cc(-c3cnn(C)c3)ccc2=O)cn1. The number of nitrogens with zero attached hydrogens (tertiary/aromatic N) is 4. The van der Waals surface area contributed by atoms with Crippen molar-refractivity contribution in [3.8, 4) is 16.8 Å². The monoisotopic (exact) mass is 294 g/mol. The first kappa shape index (κ1) is 14.3. The van der Waals surface area contributed by atoms with Crippen LogP contribution in [-0.4, -0.2) is 19.3 Å². The van der Waals surface area contributed by atoms with Gasteiger partial charge in [0.2, 0.25) is 0 Å². The van der Waals surface area contributed by atoms with E-state index in [1.54, 1.807) is 27.7 Å². The minimum absolute atomic E-state index is 0.0771. The van der Waals surface area contributed by atoms with E-state index in [4.69, 9.17) is 0 Å². The summed E-state index contributed by atoms with van der Waals surface area (Å²) in [6, 6.07) is 7.27. The van der Waals surface area contributed by atoms with Gasteiger partial charge in [0.1, 0.15) is 0 Å². The largest absolute Gasteiger partial charge is 0.282 e. The Morgan fingerprint density at radius 2 is 1.82 bits per heavy atom. The van der Waals surface area contributed by atoms with Gasteiger partial charge in [-0.05, 0) is 24.1 Å². The van der Waals surface area contributed by atoms with Crippen molar-refractivity contribution in [2.75, 3.05) is 0 Å². The predicted octanol–water partition coefficient (Wildman–Crippen LogP) is 2.76. The molecular formula is C17H18N4O. The highest BCUT2D eigenvalue weighted by Gasteiger charge is 2.06. The fraction of sp³-hybridized carbons (Fsp3) is 0.235. The summed E-state index contributed by atoms with van der Waals surface area (Å²) in [6.07, 6.45) is 7.27. The second kappa shape index (κ2) is 5.60. The van der Waals surface area contributed by atoms with Crippen LogP contribution in [0.2, 0.25) is 0 Å². The van der Waals surface area contributed by atoms with E-state index in [1.807, 2.05) is 37.6 Å². The predicted molar refractivity (Wildman–Crippen MR) is 86.1 cm³/mol. The molecule has 112 valence electrons. The molecule has 0 aliphatic rings. The van der Waals surface area contributed by atoms with E-state index >= 15 is 0 Å². The van der Waals surface area contributed by atoms with Crippen LogP contribution in [-0.2, 0) is 7.05 Å². The van der Waals surface area contributed by atoms with E-state index in [0.717, 1.165) is 22.5 Å². The zero-order valence-electron chi connectivity index (χ0n) is 12.9. The summed E-state index contributed by atoms with van der Waals surface area (Å²) in [4.78, 5) is 16.6. The lowest BCUT2D eigenvalue weighted by Gasteiger charge is -2.09. The molecule has 0 spiro atoms. The molecule has 3 heterocycles. The lowest BCUT2D eigenvalue weighted by atomic mass is 10.1. The van der Waals surface area contributed by atoms with Crippen molar-refractivity contribution in [2.24, 2.45) is 7.05 Å². The van der Waals surface area contributed by atoms with Crippen LogP contribution in [0.25, 0.3) is 16.8 Å². The zero-order chi connectivity index (χ0) is 15.7. The molecule has 0 saturated heterocycles.